The Labute approximate surface area is 139 Å². The zero-order valence-electron chi connectivity index (χ0n) is 13.2. The molecule has 0 spiro atoms. The van der Waals surface area contributed by atoms with Crippen molar-refractivity contribution in [3.8, 4) is 0 Å². The SMILES string of the molecule is CCNc1ccc(NC(=O)CN2C(=O)c3ccccc3C2=O)cc1. The summed E-state index contributed by atoms with van der Waals surface area (Å²) in [6.07, 6.45) is 0. The van der Waals surface area contributed by atoms with E-state index in [2.05, 4.69) is 10.6 Å². The van der Waals surface area contributed by atoms with Crippen LogP contribution in [0.5, 0.6) is 0 Å². The van der Waals surface area contributed by atoms with Gasteiger partial charge in [-0.15, -0.1) is 0 Å². The van der Waals surface area contributed by atoms with Gasteiger partial charge in [0.2, 0.25) is 5.91 Å². The Morgan fingerprint density at radius 3 is 2.00 bits per heavy atom. The molecule has 0 fully saturated rings. The summed E-state index contributed by atoms with van der Waals surface area (Å²) in [5.74, 6) is -1.29. The van der Waals surface area contributed by atoms with E-state index in [1.165, 1.54) is 0 Å². The summed E-state index contributed by atoms with van der Waals surface area (Å²) < 4.78 is 0. The van der Waals surface area contributed by atoms with Crippen LogP contribution in [0.2, 0.25) is 0 Å². The molecule has 6 heteroatoms. The molecule has 0 saturated carbocycles. The number of hydrogen-bond acceptors (Lipinski definition) is 4. The lowest BCUT2D eigenvalue weighted by atomic mass is 10.1. The number of imide groups is 1. The molecule has 0 aromatic heterocycles. The fourth-order valence-corrected chi connectivity index (χ4v) is 2.60. The van der Waals surface area contributed by atoms with Crippen LogP contribution in [-0.2, 0) is 4.79 Å². The third kappa shape index (κ3) is 2.99. The van der Waals surface area contributed by atoms with Gasteiger partial charge in [-0.1, -0.05) is 12.1 Å². The lowest BCUT2D eigenvalue weighted by molar-refractivity contribution is -0.116. The summed E-state index contributed by atoms with van der Waals surface area (Å²) >= 11 is 0. The largest absolute Gasteiger partial charge is 0.385 e. The molecular weight excluding hydrogens is 306 g/mol. The molecule has 1 heterocycles. The topological polar surface area (TPSA) is 78.5 Å². The average Bonchev–Trinajstić information content (AvgIpc) is 2.82. The predicted octanol–water partition coefficient (Wildman–Crippen LogP) is 2.35. The fraction of sp³-hybridized carbons (Fsp3) is 0.167. The van der Waals surface area contributed by atoms with Crippen LogP contribution in [0.1, 0.15) is 27.6 Å². The maximum absolute atomic E-state index is 12.2. The maximum atomic E-state index is 12.2. The van der Waals surface area contributed by atoms with E-state index in [1.807, 2.05) is 19.1 Å². The van der Waals surface area contributed by atoms with E-state index in [0.717, 1.165) is 17.1 Å². The van der Waals surface area contributed by atoms with Gasteiger partial charge in [0, 0.05) is 17.9 Å². The van der Waals surface area contributed by atoms with Gasteiger partial charge >= 0.3 is 0 Å². The first-order valence-corrected chi connectivity index (χ1v) is 7.69. The molecule has 0 radical (unpaired) electrons. The van der Waals surface area contributed by atoms with Crippen LogP contribution < -0.4 is 10.6 Å². The molecule has 0 atom stereocenters. The molecule has 2 aromatic rings. The van der Waals surface area contributed by atoms with Gasteiger partial charge in [0.05, 0.1) is 11.1 Å². The molecule has 0 bridgehead atoms. The number of nitrogens with zero attached hydrogens (tertiary/aromatic N) is 1. The first-order chi connectivity index (χ1) is 11.6. The molecule has 0 aliphatic carbocycles. The van der Waals surface area contributed by atoms with Gasteiger partial charge in [-0.2, -0.15) is 0 Å². The number of fused-ring (bicyclic) bond motifs is 1. The number of rotatable bonds is 5. The molecule has 2 aromatic carbocycles. The zero-order valence-corrected chi connectivity index (χ0v) is 13.2. The second-order valence-corrected chi connectivity index (χ2v) is 5.40. The van der Waals surface area contributed by atoms with Crippen LogP contribution in [0.15, 0.2) is 48.5 Å². The minimum Gasteiger partial charge on any atom is -0.385 e. The van der Waals surface area contributed by atoms with Crippen LogP contribution in [0.4, 0.5) is 11.4 Å². The number of carbonyl (C=O) groups excluding carboxylic acids is 3. The van der Waals surface area contributed by atoms with Gasteiger partial charge in [-0.3, -0.25) is 19.3 Å². The molecular formula is C18H17N3O3. The number of anilines is 2. The molecule has 0 saturated heterocycles. The van der Waals surface area contributed by atoms with Crippen molar-refractivity contribution < 1.29 is 14.4 Å². The molecule has 24 heavy (non-hydrogen) atoms. The Bertz CT molecular complexity index is 764. The molecule has 122 valence electrons. The van der Waals surface area contributed by atoms with E-state index in [0.29, 0.717) is 16.8 Å². The lowest BCUT2D eigenvalue weighted by Crippen LogP contribution is -2.37. The number of amides is 3. The number of nitrogens with one attached hydrogen (secondary N) is 2. The van der Waals surface area contributed by atoms with E-state index >= 15 is 0 Å². The van der Waals surface area contributed by atoms with Gasteiger partial charge in [-0.25, -0.2) is 0 Å². The average molecular weight is 323 g/mol. The van der Waals surface area contributed by atoms with E-state index in [-0.39, 0.29) is 6.54 Å². The maximum Gasteiger partial charge on any atom is 0.262 e. The Morgan fingerprint density at radius 1 is 0.917 bits per heavy atom. The third-order valence-corrected chi connectivity index (χ3v) is 3.73. The highest BCUT2D eigenvalue weighted by molar-refractivity contribution is 6.22. The summed E-state index contributed by atoms with van der Waals surface area (Å²) in [4.78, 5) is 37.6. The van der Waals surface area contributed by atoms with E-state index in [4.69, 9.17) is 0 Å². The normalized spacial score (nSPS) is 13.0. The van der Waals surface area contributed by atoms with Crippen LogP contribution in [0.3, 0.4) is 0 Å². The first-order valence-electron chi connectivity index (χ1n) is 7.69. The number of carbonyl (C=O) groups is 3. The van der Waals surface area contributed by atoms with Crippen molar-refractivity contribution in [1.29, 1.82) is 0 Å². The highest BCUT2D eigenvalue weighted by Crippen LogP contribution is 2.22. The van der Waals surface area contributed by atoms with E-state index in [1.54, 1.807) is 36.4 Å². The Balaban J connectivity index is 1.65. The monoisotopic (exact) mass is 323 g/mol. The van der Waals surface area contributed by atoms with Crippen LogP contribution in [-0.4, -0.2) is 35.7 Å². The van der Waals surface area contributed by atoms with E-state index < -0.39 is 17.7 Å². The zero-order chi connectivity index (χ0) is 17.1. The van der Waals surface area contributed by atoms with Gasteiger partial charge in [0.15, 0.2) is 0 Å². The highest BCUT2D eigenvalue weighted by Gasteiger charge is 2.36. The molecule has 3 amide bonds. The van der Waals surface area contributed by atoms with Gasteiger partial charge < -0.3 is 10.6 Å². The fourth-order valence-electron chi connectivity index (χ4n) is 2.60. The van der Waals surface area contributed by atoms with Crippen LogP contribution >= 0.6 is 0 Å². The smallest absolute Gasteiger partial charge is 0.262 e. The minimum atomic E-state index is -0.437. The Morgan fingerprint density at radius 2 is 1.46 bits per heavy atom. The van der Waals surface area contributed by atoms with Crippen molar-refractivity contribution in [1.82, 2.24) is 4.90 Å². The predicted molar refractivity (Wildman–Crippen MR) is 91.0 cm³/mol. The third-order valence-electron chi connectivity index (χ3n) is 3.73. The van der Waals surface area contributed by atoms with Crippen molar-refractivity contribution in [2.24, 2.45) is 0 Å². The lowest BCUT2D eigenvalue weighted by Gasteiger charge is -2.14. The van der Waals surface area contributed by atoms with Crippen LogP contribution in [0, 0.1) is 0 Å². The van der Waals surface area contributed by atoms with Crippen molar-refractivity contribution in [2.75, 3.05) is 23.7 Å². The summed E-state index contributed by atoms with van der Waals surface area (Å²) in [6, 6.07) is 13.8. The van der Waals surface area contributed by atoms with Crippen molar-refractivity contribution in [3.05, 3.63) is 59.7 Å². The summed E-state index contributed by atoms with van der Waals surface area (Å²) in [5.41, 5.74) is 2.24. The number of benzene rings is 2. The molecule has 3 rings (SSSR count). The molecule has 2 N–H and O–H groups in total. The highest BCUT2D eigenvalue weighted by atomic mass is 16.2. The van der Waals surface area contributed by atoms with Gasteiger partial charge in [-0.05, 0) is 43.3 Å². The molecule has 1 aliphatic heterocycles. The minimum absolute atomic E-state index is 0.304. The summed E-state index contributed by atoms with van der Waals surface area (Å²) in [7, 11) is 0. The van der Waals surface area contributed by atoms with Crippen LogP contribution in [0.25, 0.3) is 0 Å². The van der Waals surface area contributed by atoms with Gasteiger partial charge in [0.1, 0.15) is 6.54 Å². The standard InChI is InChI=1S/C18H17N3O3/c1-2-19-12-7-9-13(10-8-12)20-16(22)11-21-17(23)14-5-3-4-6-15(14)18(21)24/h3-10,19H,2,11H2,1H3,(H,20,22). The Kier molecular flexibility index (Phi) is 4.29. The van der Waals surface area contributed by atoms with Gasteiger partial charge in [0.25, 0.3) is 11.8 Å². The number of hydrogen-bond donors (Lipinski definition) is 2. The van der Waals surface area contributed by atoms with E-state index in [9.17, 15) is 14.4 Å². The van der Waals surface area contributed by atoms with Crippen molar-refractivity contribution in [2.45, 2.75) is 6.92 Å². The summed E-state index contributed by atoms with van der Waals surface area (Å²) in [5, 5.41) is 5.85. The second kappa shape index (κ2) is 6.54. The second-order valence-electron chi connectivity index (χ2n) is 5.40. The molecule has 0 unspecified atom stereocenters. The van der Waals surface area contributed by atoms with Crippen molar-refractivity contribution in [3.63, 3.8) is 0 Å². The Hall–Kier alpha value is -3.15. The first kappa shape index (κ1) is 15.7. The quantitative estimate of drug-likeness (QED) is 0.828. The molecule has 6 nitrogen and oxygen atoms in total. The summed E-state index contributed by atoms with van der Waals surface area (Å²) in [6.45, 7) is 2.50. The van der Waals surface area contributed by atoms with Crippen molar-refractivity contribution >= 4 is 29.1 Å². The molecule has 1 aliphatic rings.